The molecule has 4 rings (SSSR count). The number of aromatic nitrogens is 2. The van der Waals surface area contributed by atoms with Crippen LogP contribution in [0.1, 0.15) is 6.92 Å². The molecule has 1 aliphatic heterocycles. The summed E-state index contributed by atoms with van der Waals surface area (Å²) >= 11 is 1.96. The zero-order chi connectivity index (χ0) is 21.3. The van der Waals surface area contributed by atoms with Gasteiger partial charge in [-0.1, -0.05) is 12.1 Å². The van der Waals surface area contributed by atoms with Gasteiger partial charge in [-0.25, -0.2) is 9.78 Å². The molecule has 2 amide bonds. The first-order valence-electron chi connectivity index (χ1n) is 8.68. The zero-order valence-electron chi connectivity index (χ0n) is 15.8. The molecule has 3 aromatic rings. The number of esters is 1. The first-order valence-corrected chi connectivity index (χ1v) is 10.3. The van der Waals surface area contributed by atoms with Gasteiger partial charge in [-0.05, 0) is 48.6 Å². The zero-order valence-corrected chi connectivity index (χ0v) is 17.4. The fourth-order valence-electron chi connectivity index (χ4n) is 2.68. The number of aromatic amines is 1. The maximum atomic E-state index is 12.4. The van der Waals surface area contributed by atoms with Crippen molar-refractivity contribution in [1.29, 1.82) is 0 Å². The molecule has 1 saturated heterocycles. The van der Waals surface area contributed by atoms with Gasteiger partial charge >= 0.3 is 5.97 Å². The van der Waals surface area contributed by atoms with E-state index in [1.54, 1.807) is 12.1 Å². The van der Waals surface area contributed by atoms with Crippen LogP contribution in [-0.2, 0) is 14.3 Å². The summed E-state index contributed by atoms with van der Waals surface area (Å²) in [6.45, 7) is 1.42. The van der Waals surface area contributed by atoms with Crippen LogP contribution in [0, 0.1) is 0 Å². The Balaban J connectivity index is 1.42. The Morgan fingerprint density at radius 3 is 2.87 bits per heavy atom. The number of ether oxygens (including phenoxy) is 2. The van der Waals surface area contributed by atoms with Crippen molar-refractivity contribution in [3.05, 3.63) is 47.6 Å². The molecule has 2 aromatic heterocycles. The van der Waals surface area contributed by atoms with Crippen LogP contribution in [0.25, 0.3) is 11.0 Å². The molecule has 0 bridgehead atoms. The number of methoxy groups -OCH3 is 1. The lowest BCUT2D eigenvalue weighted by Gasteiger charge is -2.18. The third-order valence-corrected chi connectivity index (χ3v) is 5.83. The second-order valence-corrected chi connectivity index (χ2v) is 8.06. The Labute approximate surface area is 178 Å². The lowest BCUT2D eigenvalue weighted by molar-refractivity contribution is -0.148. The van der Waals surface area contributed by atoms with Crippen LogP contribution < -0.4 is 4.74 Å². The number of furan rings is 1. The number of imidazole rings is 1. The van der Waals surface area contributed by atoms with Gasteiger partial charge in [0.25, 0.3) is 17.1 Å². The van der Waals surface area contributed by atoms with Gasteiger partial charge in [0.15, 0.2) is 10.2 Å². The Morgan fingerprint density at radius 1 is 1.30 bits per heavy atom. The number of carbonyl (C=O) groups is 3. The summed E-state index contributed by atoms with van der Waals surface area (Å²) in [5.74, 6) is -1.18. The number of H-pyrrole nitrogens is 1. The van der Waals surface area contributed by atoms with Crippen molar-refractivity contribution < 1.29 is 28.3 Å². The Morgan fingerprint density at radius 2 is 2.10 bits per heavy atom. The molecular weight excluding hydrogens is 430 g/mol. The van der Waals surface area contributed by atoms with Crippen LogP contribution in [0.2, 0.25) is 0 Å². The standard InChI is InChI=1S/C19H15N3O6S2/c1-10(17(24)26-2)22-16(23)13(29-19(22)25)9-27-14-7-8-15(28-14)30-18-20-11-5-3-4-6-12(11)21-18/h3-10H,1-2H3,(H,20,21)/b13-9+. The topological polar surface area (TPSA) is 115 Å². The molecule has 1 atom stereocenters. The third-order valence-electron chi connectivity index (χ3n) is 4.16. The van der Waals surface area contributed by atoms with E-state index in [0.717, 1.165) is 22.2 Å². The van der Waals surface area contributed by atoms with Crippen LogP contribution in [0.15, 0.2) is 62.2 Å². The fourth-order valence-corrected chi connectivity index (χ4v) is 4.24. The summed E-state index contributed by atoms with van der Waals surface area (Å²) in [5, 5.41) is 0.619. The number of carbonyl (C=O) groups excluding carboxylic acids is 3. The third kappa shape index (κ3) is 3.94. The number of benzene rings is 1. The van der Waals surface area contributed by atoms with E-state index >= 15 is 0 Å². The SMILES string of the molecule is COC(=O)C(C)N1C(=O)S/C(=C/Oc2ccc(Sc3nc4ccccc4[nH]3)o2)C1=O. The van der Waals surface area contributed by atoms with Crippen molar-refractivity contribution in [2.24, 2.45) is 0 Å². The summed E-state index contributed by atoms with van der Waals surface area (Å²) in [5.41, 5.74) is 1.76. The Kier molecular flexibility index (Phi) is 5.55. The number of fused-ring (bicyclic) bond motifs is 1. The minimum atomic E-state index is -1.02. The van der Waals surface area contributed by atoms with E-state index in [1.807, 2.05) is 24.3 Å². The Hall–Kier alpha value is -3.18. The maximum absolute atomic E-state index is 12.4. The first kappa shape index (κ1) is 20.1. The smallest absolute Gasteiger partial charge is 0.328 e. The highest BCUT2D eigenvalue weighted by molar-refractivity contribution is 8.18. The average molecular weight is 445 g/mol. The van der Waals surface area contributed by atoms with Gasteiger partial charge in [-0.15, -0.1) is 0 Å². The average Bonchev–Trinajstić information content (AvgIpc) is 3.42. The number of thioether (sulfide) groups is 1. The van der Waals surface area contributed by atoms with Crippen LogP contribution in [0.4, 0.5) is 4.79 Å². The molecule has 1 aromatic carbocycles. The summed E-state index contributed by atoms with van der Waals surface area (Å²) in [6.07, 6.45) is 1.13. The summed E-state index contributed by atoms with van der Waals surface area (Å²) < 4.78 is 15.6. The van der Waals surface area contributed by atoms with Gasteiger partial charge in [0.2, 0.25) is 0 Å². The number of hydrogen-bond donors (Lipinski definition) is 1. The monoisotopic (exact) mass is 445 g/mol. The minimum Gasteiger partial charge on any atom is -0.467 e. The van der Waals surface area contributed by atoms with Crippen molar-refractivity contribution in [3.63, 3.8) is 0 Å². The molecule has 9 nitrogen and oxygen atoms in total. The highest BCUT2D eigenvalue weighted by atomic mass is 32.2. The quantitative estimate of drug-likeness (QED) is 0.344. The highest BCUT2D eigenvalue weighted by Gasteiger charge is 2.41. The molecule has 1 N–H and O–H groups in total. The summed E-state index contributed by atoms with van der Waals surface area (Å²) in [7, 11) is 1.19. The highest BCUT2D eigenvalue weighted by Crippen LogP contribution is 2.34. The van der Waals surface area contributed by atoms with Crippen molar-refractivity contribution in [1.82, 2.24) is 14.9 Å². The largest absolute Gasteiger partial charge is 0.467 e. The minimum absolute atomic E-state index is 0.0404. The molecule has 3 heterocycles. The molecule has 1 fully saturated rings. The maximum Gasteiger partial charge on any atom is 0.328 e. The molecule has 1 aliphatic rings. The van der Waals surface area contributed by atoms with Gasteiger partial charge < -0.3 is 18.9 Å². The number of imide groups is 1. The molecule has 0 spiro atoms. The number of nitrogens with zero attached hydrogens (tertiary/aromatic N) is 2. The van der Waals surface area contributed by atoms with E-state index < -0.39 is 23.2 Å². The fraction of sp³-hybridized carbons (Fsp3) is 0.158. The van der Waals surface area contributed by atoms with E-state index in [9.17, 15) is 14.4 Å². The van der Waals surface area contributed by atoms with Crippen LogP contribution >= 0.6 is 23.5 Å². The second kappa shape index (κ2) is 8.28. The van der Waals surface area contributed by atoms with Crippen molar-refractivity contribution in [2.75, 3.05) is 7.11 Å². The van der Waals surface area contributed by atoms with E-state index in [4.69, 9.17) is 9.15 Å². The number of rotatable bonds is 6. The number of nitrogens with one attached hydrogen (secondary N) is 1. The number of para-hydroxylation sites is 2. The van der Waals surface area contributed by atoms with E-state index in [1.165, 1.54) is 25.8 Å². The van der Waals surface area contributed by atoms with Crippen LogP contribution in [-0.4, -0.2) is 45.1 Å². The van der Waals surface area contributed by atoms with Crippen molar-refractivity contribution in [2.45, 2.75) is 23.2 Å². The van der Waals surface area contributed by atoms with Crippen molar-refractivity contribution >= 4 is 51.7 Å². The van der Waals surface area contributed by atoms with Gasteiger partial charge in [0.1, 0.15) is 17.2 Å². The Bertz CT molecular complexity index is 1130. The predicted octanol–water partition coefficient (Wildman–Crippen LogP) is 3.78. The number of amides is 2. The molecule has 0 aliphatic carbocycles. The molecule has 154 valence electrons. The van der Waals surface area contributed by atoms with E-state index in [2.05, 4.69) is 14.7 Å². The molecule has 0 radical (unpaired) electrons. The molecule has 1 unspecified atom stereocenters. The first-order chi connectivity index (χ1) is 14.5. The van der Waals surface area contributed by atoms with Crippen LogP contribution in [0.3, 0.4) is 0 Å². The van der Waals surface area contributed by atoms with Crippen LogP contribution in [0.5, 0.6) is 5.95 Å². The number of hydrogen-bond acceptors (Lipinski definition) is 9. The van der Waals surface area contributed by atoms with Gasteiger partial charge in [0.05, 0.1) is 18.1 Å². The molecule has 0 saturated carbocycles. The van der Waals surface area contributed by atoms with E-state index in [0.29, 0.717) is 22.0 Å². The summed E-state index contributed by atoms with van der Waals surface area (Å²) in [4.78, 5) is 44.6. The van der Waals surface area contributed by atoms with Crippen molar-refractivity contribution in [3.8, 4) is 5.95 Å². The van der Waals surface area contributed by atoms with Gasteiger partial charge in [0, 0.05) is 6.07 Å². The van der Waals surface area contributed by atoms with Gasteiger partial charge in [-0.3, -0.25) is 14.5 Å². The normalized spacial score (nSPS) is 16.5. The predicted molar refractivity (Wildman–Crippen MR) is 109 cm³/mol. The van der Waals surface area contributed by atoms with E-state index in [-0.39, 0.29) is 10.9 Å². The molecule has 11 heteroatoms. The molecular formula is C19H15N3O6S2. The summed E-state index contributed by atoms with van der Waals surface area (Å²) in [6, 6.07) is 9.92. The molecule has 30 heavy (non-hydrogen) atoms. The lowest BCUT2D eigenvalue weighted by atomic mass is 10.3. The van der Waals surface area contributed by atoms with Gasteiger partial charge in [-0.2, -0.15) is 0 Å². The second-order valence-electron chi connectivity index (χ2n) is 6.08. The lowest BCUT2D eigenvalue weighted by Crippen LogP contribution is -2.42.